The summed E-state index contributed by atoms with van der Waals surface area (Å²) in [5, 5.41) is 1.79. The number of anilines is 1. The number of hydrogen-bond acceptors (Lipinski definition) is 5. The Hall–Kier alpha value is -1.43. The number of likely N-dealkylation sites (tertiary alicyclic amines) is 1. The van der Waals surface area contributed by atoms with Gasteiger partial charge in [0.15, 0.2) is 0 Å². The molecule has 2 aromatic rings. The van der Waals surface area contributed by atoms with Crippen molar-refractivity contribution in [2.45, 2.75) is 38.8 Å². The smallest absolute Gasteiger partial charge is 0.145 e. The molecule has 0 bridgehead atoms. The lowest BCUT2D eigenvalue weighted by molar-refractivity contribution is 0.122. The van der Waals surface area contributed by atoms with Gasteiger partial charge in [-0.2, -0.15) is 0 Å². The summed E-state index contributed by atoms with van der Waals surface area (Å²) in [7, 11) is 0. The molecule has 0 N–H and O–H groups in total. The third-order valence-electron chi connectivity index (χ3n) is 5.28. The molecule has 1 atom stereocenters. The molecule has 3 heterocycles. The van der Waals surface area contributed by atoms with E-state index in [0.717, 1.165) is 67.0 Å². The first-order chi connectivity index (χ1) is 12.2. The molecular weight excluding hydrogens is 336 g/mol. The van der Waals surface area contributed by atoms with Crippen LogP contribution < -0.4 is 4.90 Å². The average Bonchev–Trinajstić information content (AvgIpc) is 2.63. The third-order valence-corrected chi connectivity index (χ3v) is 5.52. The Morgan fingerprint density at radius 3 is 2.80 bits per heavy atom. The van der Waals surface area contributed by atoms with E-state index in [9.17, 15) is 0 Å². The molecule has 134 valence electrons. The molecule has 4 rings (SSSR count). The second-order valence-corrected chi connectivity index (χ2v) is 7.48. The number of ether oxygens (including phenoxy) is 1. The van der Waals surface area contributed by atoms with Crippen LogP contribution in [-0.2, 0) is 11.3 Å². The molecule has 1 aromatic heterocycles. The summed E-state index contributed by atoms with van der Waals surface area (Å²) in [6.45, 7) is 7.48. The van der Waals surface area contributed by atoms with Crippen molar-refractivity contribution in [2.24, 2.45) is 0 Å². The largest absolute Gasteiger partial charge is 0.378 e. The first-order valence-electron chi connectivity index (χ1n) is 9.23. The maximum absolute atomic E-state index is 6.22. The fourth-order valence-electron chi connectivity index (χ4n) is 3.79. The normalized spacial score (nSPS) is 22.5. The molecule has 25 heavy (non-hydrogen) atoms. The van der Waals surface area contributed by atoms with Crippen LogP contribution in [0.1, 0.15) is 32.0 Å². The minimum atomic E-state index is 0.597. The summed E-state index contributed by atoms with van der Waals surface area (Å²) in [6, 6.07) is 6.50. The summed E-state index contributed by atoms with van der Waals surface area (Å²) >= 11 is 6.22. The summed E-state index contributed by atoms with van der Waals surface area (Å²) in [6.07, 6.45) is 3.85. The van der Waals surface area contributed by atoms with Crippen LogP contribution in [0.2, 0.25) is 5.02 Å². The highest BCUT2D eigenvalue weighted by molar-refractivity contribution is 6.31. The number of halogens is 1. The SMILES string of the molecule is CC1CCCCN1Cc1nc(N2CCOCC2)c2ccc(Cl)cc2n1. The van der Waals surface area contributed by atoms with Gasteiger partial charge >= 0.3 is 0 Å². The van der Waals surface area contributed by atoms with Crippen molar-refractivity contribution >= 4 is 28.3 Å². The van der Waals surface area contributed by atoms with Gasteiger partial charge in [-0.05, 0) is 44.5 Å². The fraction of sp³-hybridized carbons (Fsp3) is 0.579. The van der Waals surface area contributed by atoms with Crippen molar-refractivity contribution in [2.75, 3.05) is 37.7 Å². The maximum Gasteiger partial charge on any atom is 0.145 e. The average molecular weight is 361 g/mol. The molecular formula is C19H25ClN4O. The van der Waals surface area contributed by atoms with E-state index in [1.807, 2.05) is 18.2 Å². The van der Waals surface area contributed by atoms with Crippen molar-refractivity contribution in [3.63, 3.8) is 0 Å². The standard InChI is InChI=1S/C19H25ClN4O/c1-14-4-2-3-7-24(14)13-18-21-17-12-15(20)5-6-16(17)19(22-18)23-8-10-25-11-9-23/h5-6,12,14H,2-4,7-11,13H2,1H3. The zero-order valence-corrected chi connectivity index (χ0v) is 15.5. The topological polar surface area (TPSA) is 41.5 Å². The number of aromatic nitrogens is 2. The lowest BCUT2D eigenvalue weighted by Gasteiger charge is -2.33. The molecule has 6 heteroatoms. The predicted octanol–water partition coefficient (Wildman–Crippen LogP) is 3.49. The lowest BCUT2D eigenvalue weighted by Crippen LogP contribution is -2.38. The molecule has 2 fully saturated rings. The Balaban J connectivity index is 1.71. The van der Waals surface area contributed by atoms with E-state index in [1.165, 1.54) is 19.3 Å². The Kier molecular flexibility index (Phi) is 5.06. The predicted molar refractivity (Wildman–Crippen MR) is 101 cm³/mol. The van der Waals surface area contributed by atoms with E-state index in [0.29, 0.717) is 6.04 Å². The summed E-state index contributed by atoms with van der Waals surface area (Å²) in [5.41, 5.74) is 0.934. The molecule has 2 saturated heterocycles. The second-order valence-electron chi connectivity index (χ2n) is 7.04. The molecule has 1 aromatic carbocycles. The van der Waals surface area contributed by atoms with Crippen LogP contribution in [0.25, 0.3) is 10.9 Å². The van der Waals surface area contributed by atoms with Crippen molar-refractivity contribution in [1.29, 1.82) is 0 Å². The van der Waals surface area contributed by atoms with Gasteiger partial charge in [0.25, 0.3) is 0 Å². The van der Waals surface area contributed by atoms with E-state index in [2.05, 4.69) is 16.7 Å². The summed E-state index contributed by atoms with van der Waals surface area (Å²) in [4.78, 5) is 14.6. The van der Waals surface area contributed by atoms with Crippen LogP contribution in [0, 0.1) is 0 Å². The van der Waals surface area contributed by atoms with Crippen LogP contribution in [0.4, 0.5) is 5.82 Å². The molecule has 0 saturated carbocycles. The minimum absolute atomic E-state index is 0.597. The van der Waals surface area contributed by atoms with Gasteiger partial charge in [0.05, 0.1) is 25.3 Å². The summed E-state index contributed by atoms with van der Waals surface area (Å²) < 4.78 is 5.50. The van der Waals surface area contributed by atoms with Crippen molar-refractivity contribution < 1.29 is 4.74 Å². The molecule has 5 nitrogen and oxygen atoms in total. The van der Waals surface area contributed by atoms with Crippen molar-refractivity contribution in [3.05, 3.63) is 29.0 Å². The Morgan fingerprint density at radius 1 is 1.16 bits per heavy atom. The van der Waals surface area contributed by atoms with E-state index >= 15 is 0 Å². The number of rotatable bonds is 3. The van der Waals surface area contributed by atoms with Gasteiger partial charge in [0.1, 0.15) is 11.6 Å². The molecule has 0 aliphatic carbocycles. The molecule has 0 amide bonds. The van der Waals surface area contributed by atoms with Crippen LogP contribution in [0.15, 0.2) is 18.2 Å². The number of nitrogens with zero attached hydrogens (tertiary/aromatic N) is 4. The Bertz CT molecular complexity index is 748. The lowest BCUT2D eigenvalue weighted by atomic mass is 10.0. The van der Waals surface area contributed by atoms with E-state index in [4.69, 9.17) is 26.3 Å². The first kappa shape index (κ1) is 17.0. The van der Waals surface area contributed by atoms with Gasteiger partial charge in [-0.15, -0.1) is 0 Å². The summed E-state index contributed by atoms with van der Waals surface area (Å²) in [5.74, 6) is 1.91. The van der Waals surface area contributed by atoms with Gasteiger partial charge in [-0.3, -0.25) is 4.90 Å². The van der Waals surface area contributed by atoms with Crippen LogP contribution in [0.5, 0.6) is 0 Å². The highest BCUT2D eigenvalue weighted by Gasteiger charge is 2.22. The molecule has 2 aliphatic rings. The molecule has 0 spiro atoms. The Labute approximate surface area is 153 Å². The van der Waals surface area contributed by atoms with Gasteiger partial charge in [-0.1, -0.05) is 18.0 Å². The van der Waals surface area contributed by atoms with Crippen LogP contribution >= 0.6 is 11.6 Å². The van der Waals surface area contributed by atoms with Gasteiger partial charge < -0.3 is 9.64 Å². The van der Waals surface area contributed by atoms with E-state index < -0.39 is 0 Å². The third kappa shape index (κ3) is 3.73. The second kappa shape index (κ2) is 7.44. The zero-order chi connectivity index (χ0) is 17.2. The fourth-order valence-corrected chi connectivity index (χ4v) is 3.96. The van der Waals surface area contributed by atoms with Crippen LogP contribution in [0.3, 0.4) is 0 Å². The number of morpholine rings is 1. The maximum atomic E-state index is 6.22. The molecule has 0 radical (unpaired) electrons. The van der Waals surface area contributed by atoms with Gasteiger partial charge in [0.2, 0.25) is 0 Å². The highest BCUT2D eigenvalue weighted by atomic mass is 35.5. The number of piperidine rings is 1. The molecule has 2 aliphatic heterocycles. The number of benzene rings is 1. The quantitative estimate of drug-likeness (QED) is 0.838. The number of fused-ring (bicyclic) bond motifs is 1. The Morgan fingerprint density at radius 2 is 2.00 bits per heavy atom. The van der Waals surface area contributed by atoms with E-state index in [-0.39, 0.29) is 0 Å². The monoisotopic (exact) mass is 360 g/mol. The highest BCUT2D eigenvalue weighted by Crippen LogP contribution is 2.28. The molecule has 1 unspecified atom stereocenters. The number of hydrogen-bond donors (Lipinski definition) is 0. The van der Waals surface area contributed by atoms with Gasteiger partial charge in [0, 0.05) is 29.5 Å². The first-order valence-corrected chi connectivity index (χ1v) is 9.61. The van der Waals surface area contributed by atoms with Crippen LogP contribution in [-0.4, -0.2) is 53.8 Å². The van der Waals surface area contributed by atoms with Crippen molar-refractivity contribution in [3.8, 4) is 0 Å². The van der Waals surface area contributed by atoms with Crippen molar-refractivity contribution in [1.82, 2.24) is 14.9 Å². The zero-order valence-electron chi connectivity index (χ0n) is 14.7. The van der Waals surface area contributed by atoms with E-state index in [1.54, 1.807) is 0 Å². The van der Waals surface area contributed by atoms with Gasteiger partial charge in [-0.25, -0.2) is 9.97 Å². The minimum Gasteiger partial charge on any atom is -0.378 e.